The van der Waals surface area contributed by atoms with E-state index in [1.807, 2.05) is 6.07 Å². The number of hydrogen-bond donors (Lipinski definition) is 0. The van der Waals surface area contributed by atoms with Gasteiger partial charge in [0.1, 0.15) is 5.75 Å². The van der Waals surface area contributed by atoms with Crippen LogP contribution in [0.5, 0.6) is 5.75 Å². The van der Waals surface area contributed by atoms with E-state index in [-0.39, 0.29) is 0 Å². The summed E-state index contributed by atoms with van der Waals surface area (Å²) in [5, 5.41) is 2.08. The first-order chi connectivity index (χ1) is 7.34. The van der Waals surface area contributed by atoms with Gasteiger partial charge in [-0.2, -0.15) is 0 Å². The van der Waals surface area contributed by atoms with Crippen molar-refractivity contribution in [3.05, 3.63) is 45.3 Å². The molecule has 0 unspecified atom stereocenters. The Kier molecular flexibility index (Phi) is 3.75. The Hall–Kier alpha value is -0.870. The molecule has 0 N–H and O–H groups in total. The molecular weight excluding hydrogens is 274 g/mol. The lowest BCUT2D eigenvalue weighted by Crippen LogP contribution is -2.00. The maximum atomic E-state index is 5.57. The van der Waals surface area contributed by atoms with Gasteiger partial charge in [0.05, 0.1) is 12.8 Å². The first-order valence-corrected chi connectivity index (χ1v) is 6.27. The summed E-state index contributed by atoms with van der Waals surface area (Å²) in [4.78, 5) is 5.38. The molecule has 78 valence electrons. The Morgan fingerprint density at radius 2 is 2.33 bits per heavy atom. The number of nitrogens with zero attached hydrogens (tertiary/aromatic N) is 1. The van der Waals surface area contributed by atoms with Crippen LogP contribution in [0.2, 0.25) is 0 Å². The van der Waals surface area contributed by atoms with Gasteiger partial charge in [-0.1, -0.05) is 6.07 Å². The molecule has 2 aromatic heterocycles. The topological polar surface area (TPSA) is 22.1 Å². The molecule has 2 rings (SSSR count). The van der Waals surface area contributed by atoms with Crippen LogP contribution in [0.15, 0.2) is 40.4 Å². The molecule has 0 radical (unpaired) electrons. The van der Waals surface area contributed by atoms with Gasteiger partial charge in [0.25, 0.3) is 0 Å². The highest BCUT2D eigenvalue weighted by Crippen LogP contribution is 2.16. The third-order valence-corrected chi connectivity index (χ3v) is 3.25. The van der Waals surface area contributed by atoms with E-state index in [0.717, 1.165) is 16.6 Å². The van der Waals surface area contributed by atoms with Crippen LogP contribution in [0.4, 0.5) is 0 Å². The van der Waals surface area contributed by atoms with Crippen molar-refractivity contribution in [3.8, 4) is 5.75 Å². The average molecular weight is 284 g/mol. The van der Waals surface area contributed by atoms with Crippen LogP contribution in [-0.2, 0) is 6.42 Å². The lowest BCUT2D eigenvalue weighted by molar-refractivity contribution is 0.321. The monoisotopic (exact) mass is 283 g/mol. The lowest BCUT2D eigenvalue weighted by Gasteiger charge is -2.04. The molecule has 0 aliphatic heterocycles. The molecule has 2 nitrogen and oxygen atoms in total. The summed E-state index contributed by atoms with van der Waals surface area (Å²) in [6.45, 7) is 0.693. The van der Waals surface area contributed by atoms with Crippen LogP contribution in [0.1, 0.15) is 4.88 Å². The van der Waals surface area contributed by atoms with Crippen LogP contribution in [-0.4, -0.2) is 11.6 Å². The molecule has 2 aromatic rings. The van der Waals surface area contributed by atoms with Crippen molar-refractivity contribution in [2.45, 2.75) is 6.42 Å². The van der Waals surface area contributed by atoms with E-state index in [1.165, 1.54) is 4.88 Å². The minimum Gasteiger partial charge on any atom is -0.492 e. The minimum atomic E-state index is 0.693. The van der Waals surface area contributed by atoms with E-state index in [2.05, 4.69) is 38.4 Å². The van der Waals surface area contributed by atoms with Crippen LogP contribution in [0.25, 0.3) is 0 Å². The van der Waals surface area contributed by atoms with Crippen molar-refractivity contribution in [3.63, 3.8) is 0 Å². The van der Waals surface area contributed by atoms with E-state index in [9.17, 15) is 0 Å². The number of ether oxygens (including phenoxy) is 1. The fourth-order valence-corrected chi connectivity index (χ4v) is 2.23. The number of aromatic nitrogens is 1. The van der Waals surface area contributed by atoms with Crippen molar-refractivity contribution in [2.75, 3.05) is 6.61 Å². The highest BCUT2D eigenvalue weighted by atomic mass is 79.9. The number of halogens is 1. The number of pyridine rings is 1. The molecule has 15 heavy (non-hydrogen) atoms. The summed E-state index contributed by atoms with van der Waals surface area (Å²) in [7, 11) is 0. The Balaban J connectivity index is 1.83. The van der Waals surface area contributed by atoms with E-state index < -0.39 is 0 Å². The zero-order valence-corrected chi connectivity index (χ0v) is 10.4. The summed E-state index contributed by atoms with van der Waals surface area (Å²) < 4.78 is 6.52. The predicted molar refractivity (Wildman–Crippen MR) is 65.5 cm³/mol. The van der Waals surface area contributed by atoms with Crippen molar-refractivity contribution >= 4 is 27.3 Å². The molecule has 0 fully saturated rings. The van der Waals surface area contributed by atoms with Gasteiger partial charge in [-0.25, -0.2) is 0 Å². The summed E-state index contributed by atoms with van der Waals surface area (Å²) >= 11 is 5.11. The Morgan fingerprint density at radius 1 is 1.40 bits per heavy atom. The second-order valence-electron chi connectivity index (χ2n) is 3.02. The van der Waals surface area contributed by atoms with Gasteiger partial charge >= 0.3 is 0 Å². The number of thiophene rings is 1. The van der Waals surface area contributed by atoms with Gasteiger partial charge < -0.3 is 4.74 Å². The van der Waals surface area contributed by atoms with Crippen LogP contribution < -0.4 is 4.74 Å². The molecule has 0 spiro atoms. The minimum absolute atomic E-state index is 0.693. The van der Waals surface area contributed by atoms with Crippen LogP contribution in [0, 0.1) is 0 Å². The van der Waals surface area contributed by atoms with Gasteiger partial charge in [-0.3, -0.25) is 4.98 Å². The molecule has 0 bridgehead atoms. The SMILES string of the molecule is Brc1cncc(OCCc2cccs2)c1. The Morgan fingerprint density at radius 3 is 3.07 bits per heavy atom. The van der Waals surface area contributed by atoms with Gasteiger partial charge in [-0.05, 0) is 33.4 Å². The highest BCUT2D eigenvalue weighted by molar-refractivity contribution is 9.10. The quantitative estimate of drug-likeness (QED) is 0.857. The number of rotatable bonds is 4. The average Bonchev–Trinajstić information content (AvgIpc) is 2.71. The van der Waals surface area contributed by atoms with E-state index in [0.29, 0.717) is 6.61 Å². The third kappa shape index (κ3) is 3.32. The Bertz CT molecular complexity index is 416. The second kappa shape index (κ2) is 5.28. The van der Waals surface area contributed by atoms with Crippen molar-refractivity contribution in [2.24, 2.45) is 0 Å². The Labute approximate surface area is 101 Å². The smallest absolute Gasteiger partial charge is 0.138 e. The summed E-state index contributed by atoms with van der Waals surface area (Å²) in [6.07, 6.45) is 4.41. The second-order valence-corrected chi connectivity index (χ2v) is 4.96. The standard InChI is InChI=1S/C11H10BrNOS/c12-9-6-10(8-13-7-9)14-4-3-11-2-1-5-15-11/h1-2,5-8H,3-4H2. The molecular formula is C11H10BrNOS. The van der Waals surface area contributed by atoms with Crippen molar-refractivity contribution in [1.82, 2.24) is 4.98 Å². The molecule has 2 heterocycles. The fraction of sp³-hybridized carbons (Fsp3) is 0.182. The fourth-order valence-electron chi connectivity index (χ4n) is 1.20. The van der Waals surface area contributed by atoms with E-state index in [1.54, 1.807) is 23.7 Å². The maximum Gasteiger partial charge on any atom is 0.138 e. The van der Waals surface area contributed by atoms with Gasteiger partial charge in [-0.15, -0.1) is 11.3 Å². The normalized spacial score (nSPS) is 10.2. The van der Waals surface area contributed by atoms with Crippen molar-refractivity contribution in [1.29, 1.82) is 0 Å². The first kappa shape index (κ1) is 10.6. The first-order valence-electron chi connectivity index (χ1n) is 4.60. The van der Waals surface area contributed by atoms with Gasteiger partial charge in [0.15, 0.2) is 0 Å². The molecule has 4 heteroatoms. The number of hydrogen-bond acceptors (Lipinski definition) is 3. The van der Waals surface area contributed by atoms with E-state index in [4.69, 9.17) is 4.74 Å². The summed E-state index contributed by atoms with van der Waals surface area (Å²) in [5.41, 5.74) is 0. The molecule has 0 saturated heterocycles. The zero-order valence-electron chi connectivity index (χ0n) is 8.02. The van der Waals surface area contributed by atoms with Gasteiger partial charge in [0, 0.05) is 22.0 Å². The van der Waals surface area contributed by atoms with Gasteiger partial charge in [0.2, 0.25) is 0 Å². The van der Waals surface area contributed by atoms with Crippen LogP contribution in [0.3, 0.4) is 0 Å². The maximum absolute atomic E-state index is 5.57. The van der Waals surface area contributed by atoms with E-state index >= 15 is 0 Å². The largest absolute Gasteiger partial charge is 0.492 e. The molecule has 0 atom stereocenters. The summed E-state index contributed by atoms with van der Waals surface area (Å²) in [6, 6.07) is 6.09. The lowest BCUT2D eigenvalue weighted by atomic mass is 10.3. The highest BCUT2D eigenvalue weighted by Gasteiger charge is 1.97. The summed E-state index contributed by atoms with van der Waals surface area (Å²) in [5.74, 6) is 0.806. The van der Waals surface area contributed by atoms with Crippen molar-refractivity contribution < 1.29 is 4.74 Å². The predicted octanol–water partition coefficient (Wildman–Crippen LogP) is 3.53. The molecule has 0 aliphatic rings. The molecule has 0 aromatic carbocycles. The third-order valence-electron chi connectivity index (χ3n) is 1.88. The van der Waals surface area contributed by atoms with Crippen LogP contribution >= 0.6 is 27.3 Å². The molecule has 0 aliphatic carbocycles. The zero-order chi connectivity index (χ0) is 10.5. The molecule has 0 amide bonds. The molecule has 0 saturated carbocycles.